The first kappa shape index (κ1) is 15.0. The number of carbonyl (C=O) groups is 1. The lowest BCUT2D eigenvalue weighted by Crippen LogP contribution is -2.14. The third kappa shape index (κ3) is 4.29. The van der Waals surface area contributed by atoms with Gasteiger partial charge in [-0.15, -0.1) is 0 Å². The molecular formula is C17H19N5O. The monoisotopic (exact) mass is 309 g/mol. The van der Waals surface area contributed by atoms with Crippen LogP contribution in [0.15, 0.2) is 55.0 Å². The van der Waals surface area contributed by atoms with Crippen LogP contribution >= 0.6 is 0 Å². The minimum atomic E-state index is -0.0441. The normalized spacial score (nSPS) is 10.7. The molecule has 3 rings (SSSR count). The Labute approximate surface area is 134 Å². The molecule has 0 atom stereocenters. The average Bonchev–Trinajstić information content (AvgIpc) is 3.15. The summed E-state index contributed by atoms with van der Waals surface area (Å²) in [5.74, 6) is -0.0441. The smallest absolute Gasteiger partial charge is 0.226 e. The van der Waals surface area contributed by atoms with Gasteiger partial charge >= 0.3 is 0 Å². The minimum Gasteiger partial charge on any atom is -0.323 e. The van der Waals surface area contributed by atoms with Crippen molar-refractivity contribution >= 4 is 11.6 Å². The van der Waals surface area contributed by atoms with E-state index in [2.05, 4.69) is 15.5 Å². The van der Waals surface area contributed by atoms with E-state index in [-0.39, 0.29) is 5.91 Å². The van der Waals surface area contributed by atoms with Crippen LogP contribution in [-0.4, -0.2) is 25.5 Å². The first-order chi connectivity index (χ1) is 11.2. The lowest BCUT2D eigenvalue weighted by atomic mass is 10.2. The third-order valence-electron chi connectivity index (χ3n) is 3.45. The zero-order valence-corrected chi connectivity index (χ0v) is 13.0. The molecule has 2 aromatic heterocycles. The molecule has 0 fully saturated rings. The van der Waals surface area contributed by atoms with Crippen molar-refractivity contribution in [2.24, 2.45) is 0 Å². The van der Waals surface area contributed by atoms with E-state index in [4.69, 9.17) is 0 Å². The Morgan fingerprint density at radius 2 is 2.00 bits per heavy atom. The predicted molar refractivity (Wildman–Crippen MR) is 88.0 cm³/mol. The molecule has 0 saturated carbocycles. The Hall–Kier alpha value is -2.89. The van der Waals surface area contributed by atoms with Crippen LogP contribution in [0.2, 0.25) is 0 Å². The SMILES string of the molecule is Cc1ccn(CCC(=O)Nc2cnn(Cc3ccccc3)c2)n1. The van der Waals surface area contributed by atoms with Gasteiger partial charge < -0.3 is 5.32 Å². The fraction of sp³-hybridized carbons (Fsp3) is 0.235. The van der Waals surface area contributed by atoms with Crippen molar-refractivity contribution in [2.75, 3.05) is 5.32 Å². The van der Waals surface area contributed by atoms with Crippen LogP contribution in [0.4, 0.5) is 5.69 Å². The molecule has 0 saturated heterocycles. The second-order valence-corrected chi connectivity index (χ2v) is 5.43. The summed E-state index contributed by atoms with van der Waals surface area (Å²) in [6, 6.07) is 12.0. The molecule has 0 bridgehead atoms. The predicted octanol–water partition coefficient (Wildman–Crippen LogP) is 2.47. The van der Waals surface area contributed by atoms with E-state index in [1.165, 1.54) is 5.56 Å². The molecule has 118 valence electrons. The molecule has 0 aliphatic heterocycles. The average molecular weight is 309 g/mol. The Bertz CT molecular complexity index is 775. The number of anilines is 1. The van der Waals surface area contributed by atoms with Crippen molar-refractivity contribution < 1.29 is 4.79 Å². The van der Waals surface area contributed by atoms with Crippen molar-refractivity contribution in [3.05, 3.63) is 66.2 Å². The first-order valence-corrected chi connectivity index (χ1v) is 7.55. The van der Waals surface area contributed by atoms with Crippen LogP contribution in [0, 0.1) is 6.92 Å². The summed E-state index contributed by atoms with van der Waals surface area (Å²) in [4.78, 5) is 12.0. The summed E-state index contributed by atoms with van der Waals surface area (Å²) in [6.45, 7) is 3.18. The highest BCUT2D eigenvalue weighted by atomic mass is 16.1. The van der Waals surface area contributed by atoms with Crippen molar-refractivity contribution in [3.8, 4) is 0 Å². The largest absolute Gasteiger partial charge is 0.323 e. The van der Waals surface area contributed by atoms with Gasteiger partial charge in [-0.2, -0.15) is 10.2 Å². The molecule has 2 heterocycles. The van der Waals surface area contributed by atoms with Crippen LogP contribution in [0.3, 0.4) is 0 Å². The molecule has 23 heavy (non-hydrogen) atoms. The standard InChI is InChI=1S/C17H19N5O/c1-14-7-9-21(20-14)10-8-17(23)19-16-11-18-22(13-16)12-15-5-3-2-4-6-15/h2-7,9,11,13H,8,10,12H2,1H3,(H,19,23). The van der Waals surface area contributed by atoms with Crippen LogP contribution in [0.5, 0.6) is 0 Å². The maximum absolute atomic E-state index is 12.0. The summed E-state index contributed by atoms with van der Waals surface area (Å²) in [7, 11) is 0. The number of benzene rings is 1. The maximum atomic E-state index is 12.0. The molecule has 0 aliphatic rings. The number of nitrogens with one attached hydrogen (secondary N) is 1. The van der Waals surface area contributed by atoms with Crippen LogP contribution in [0.1, 0.15) is 17.7 Å². The molecule has 0 unspecified atom stereocenters. The Balaban J connectivity index is 1.51. The van der Waals surface area contributed by atoms with Gasteiger partial charge in [0.05, 0.1) is 24.1 Å². The number of carbonyl (C=O) groups excluding carboxylic acids is 1. The fourth-order valence-electron chi connectivity index (χ4n) is 2.31. The zero-order chi connectivity index (χ0) is 16.1. The molecule has 0 radical (unpaired) electrons. The summed E-state index contributed by atoms with van der Waals surface area (Å²) < 4.78 is 3.58. The van der Waals surface area contributed by atoms with E-state index in [1.54, 1.807) is 10.9 Å². The molecule has 6 nitrogen and oxygen atoms in total. The van der Waals surface area contributed by atoms with E-state index in [0.717, 1.165) is 5.69 Å². The summed E-state index contributed by atoms with van der Waals surface area (Å²) in [5.41, 5.74) is 2.83. The van der Waals surface area contributed by atoms with Gasteiger partial charge in [-0.05, 0) is 18.6 Å². The highest BCUT2D eigenvalue weighted by Crippen LogP contribution is 2.08. The van der Waals surface area contributed by atoms with Gasteiger partial charge in [-0.1, -0.05) is 30.3 Å². The minimum absolute atomic E-state index is 0.0441. The van der Waals surface area contributed by atoms with E-state index in [1.807, 2.05) is 60.4 Å². The summed E-state index contributed by atoms with van der Waals surface area (Å²) >= 11 is 0. The third-order valence-corrected chi connectivity index (χ3v) is 3.45. The van der Waals surface area contributed by atoms with E-state index in [0.29, 0.717) is 25.2 Å². The number of hydrogen-bond donors (Lipinski definition) is 1. The Kier molecular flexibility index (Phi) is 4.52. The van der Waals surface area contributed by atoms with E-state index >= 15 is 0 Å². The van der Waals surface area contributed by atoms with Gasteiger partial charge in [0.2, 0.25) is 5.91 Å². The number of nitrogens with zero attached hydrogens (tertiary/aromatic N) is 4. The Morgan fingerprint density at radius 1 is 1.17 bits per heavy atom. The number of rotatable bonds is 6. The zero-order valence-electron chi connectivity index (χ0n) is 13.0. The summed E-state index contributed by atoms with van der Waals surface area (Å²) in [5, 5.41) is 11.4. The molecule has 0 aliphatic carbocycles. The van der Waals surface area contributed by atoms with Gasteiger partial charge in [0.1, 0.15) is 0 Å². The van der Waals surface area contributed by atoms with Crippen molar-refractivity contribution in [3.63, 3.8) is 0 Å². The van der Waals surface area contributed by atoms with Gasteiger partial charge in [0, 0.05) is 25.4 Å². The van der Waals surface area contributed by atoms with E-state index < -0.39 is 0 Å². The molecule has 6 heteroatoms. The summed E-state index contributed by atoms with van der Waals surface area (Å²) in [6.07, 6.45) is 5.76. The molecular weight excluding hydrogens is 290 g/mol. The highest BCUT2D eigenvalue weighted by molar-refractivity contribution is 5.90. The van der Waals surface area contributed by atoms with Crippen molar-refractivity contribution in [2.45, 2.75) is 26.4 Å². The topological polar surface area (TPSA) is 64.7 Å². The number of amides is 1. The van der Waals surface area contributed by atoms with Gasteiger partial charge in [0.25, 0.3) is 0 Å². The van der Waals surface area contributed by atoms with Gasteiger partial charge in [-0.3, -0.25) is 14.2 Å². The number of aryl methyl sites for hydroxylation is 2. The Morgan fingerprint density at radius 3 is 2.74 bits per heavy atom. The molecule has 1 aromatic carbocycles. The molecule has 1 N–H and O–H groups in total. The maximum Gasteiger partial charge on any atom is 0.226 e. The van der Waals surface area contributed by atoms with Crippen LogP contribution in [0.25, 0.3) is 0 Å². The van der Waals surface area contributed by atoms with Crippen molar-refractivity contribution in [1.29, 1.82) is 0 Å². The second-order valence-electron chi connectivity index (χ2n) is 5.43. The second kappa shape index (κ2) is 6.91. The van der Waals surface area contributed by atoms with Crippen molar-refractivity contribution in [1.82, 2.24) is 19.6 Å². The quantitative estimate of drug-likeness (QED) is 0.760. The van der Waals surface area contributed by atoms with Gasteiger partial charge in [-0.25, -0.2) is 0 Å². The van der Waals surface area contributed by atoms with Crippen LogP contribution < -0.4 is 5.32 Å². The molecule has 3 aromatic rings. The fourth-order valence-corrected chi connectivity index (χ4v) is 2.31. The lowest BCUT2D eigenvalue weighted by Gasteiger charge is -2.03. The molecule has 1 amide bonds. The molecule has 0 spiro atoms. The highest BCUT2D eigenvalue weighted by Gasteiger charge is 2.06. The van der Waals surface area contributed by atoms with E-state index in [9.17, 15) is 4.79 Å². The number of hydrogen-bond acceptors (Lipinski definition) is 3. The van der Waals surface area contributed by atoms with Gasteiger partial charge in [0.15, 0.2) is 0 Å². The van der Waals surface area contributed by atoms with Crippen LogP contribution in [-0.2, 0) is 17.9 Å². The lowest BCUT2D eigenvalue weighted by molar-refractivity contribution is -0.116. The first-order valence-electron chi connectivity index (χ1n) is 7.55. The number of aromatic nitrogens is 4.